The summed E-state index contributed by atoms with van der Waals surface area (Å²) in [6, 6.07) is 29.9. The van der Waals surface area contributed by atoms with Gasteiger partial charge in [-0.25, -0.2) is 0 Å². The molecule has 0 aromatic heterocycles. The molecule has 0 radical (unpaired) electrons. The molecule has 4 bridgehead atoms. The lowest BCUT2D eigenvalue weighted by atomic mass is 9.35. The van der Waals surface area contributed by atoms with Crippen molar-refractivity contribution < 1.29 is 9.90 Å². The third-order valence-corrected chi connectivity index (χ3v) is 8.25. The van der Waals surface area contributed by atoms with Crippen LogP contribution in [0.4, 0.5) is 0 Å². The summed E-state index contributed by atoms with van der Waals surface area (Å²) in [6.07, 6.45) is 4.09. The van der Waals surface area contributed by atoms with Gasteiger partial charge in [0.15, 0.2) is 0 Å². The number of hydrogen-bond acceptors (Lipinski definition) is 1. The summed E-state index contributed by atoms with van der Waals surface area (Å²) in [5.41, 5.74) is 0.708. The van der Waals surface area contributed by atoms with Crippen molar-refractivity contribution in [1.82, 2.24) is 0 Å². The van der Waals surface area contributed by atoms with Crippen LogP contribution in [0.2, 0.25) is 0 Å². The Labute approximate surface area is 219 Å². The Balaban J connectivity index is 1.50. The van der Waals surface area contributed by atoms with Crippen molar-refractivity contribution in [2.24, 2.45) is 21.7 Å². The van der Waals surface area contributed by atoms with Gasteiger partial charge in [0, 0.05) is 32.9 Å². The van der Waals surface area contributed by atoms with Gasteiger partial charge in [-0.1, -0.05) is 90.1 Å². The van der Waals surface area contributed by atoms with Gasteiger partial charge in [-0.05, 0) is 74.9 Å². The molecule has 4 aliphatic carbocycles. The molecule has 0 aliphatic heterocycles. The predicted octanol–water partition coefficient (Wildman–Crippen LogP) is 6.55. The molecular weight excluding hydrogens is 452 g/mol. The predicted molar refractivity (Wildman–Crippen MR) is 145 cm³/mol. The first-order valence-electron chi connectivity index (χ1n) is 12.9. The summed E-state index contributed by atoms with van der Waals surface area (Å²) in [7, 11) is 0. The second kappa shape index (κ2) is 8.73. The molecule has 4 saturated carbocycles. The number of carbonyl (C=O) groups is 1. The average Bonchev–Trinajstić information content (AvgIpc) is 2.91. The minimum Gasteiger partial charge on any atom is -0.481 e. The first-order valence-corrected chi connectivity index (χ1v) is 12.9. The summed E-state index contributed by atoms with van der Waals surface area (Å²) in [4.78, 5) is 13.0. The largest absolute Gasteiger partial charge is 0.481 e. The van der Waals surface area contributed by atoms with Crippen molar-refractivity contribution in [2.45, 2.75) is 38.5 Å². The lowest BCUT2D eigenvalue weighted by Gasteiger charge is -2.65. The Hall–Kier alpha value is -4.19. The maximum atomic E-state index is 13.0. The molecule has 37 heavy (non-hydrogen) atoms. The van der Waals surface area contributed by atoms with Crippen LogP contribution in [-0.4, -0.2) is 11.1 Å². The average molecular weight is 481 g/mol. The Bertz CT molecular complexity index is 1330. The van der Waals surface area contributed by atoms with Crippen LogP contribution in [0.25, 0.3) is 0 Å². The van der Waals surface area contributed by atoms with Gasteiger partial charge in [-0.15, -0.1) is 0 Å². The zero-order valence-electron chi connectivity index (χ0n) is 20.8. The smallest absolute Gasteiger partial charge is 0.309 e. The van der Waals surface area contributed by atoms with E-state index < -0.39 is 27.6 Å². The standard InChI is InChI=1S/C35H28O2/c36-31(37)35-25-32(19-16-28-10-4-1-5-11-28)22-33(26-35,20-17-29-12-6-2-7-13-29)24-34(23-32,27-35)21-18-30-14-8-3-9-15-30/h1-15H,22-27H2,(H,36,37). The van der Waals surface area contributed by atoms with E-state index in [9.17, 15) is 9.90 Å². The molecule has 0 atom stereocenters. The molecule has 3 aromatic carbocycles. The van der Waals surface area contributed by atoms with Gasteiger partial charge >= 0.3 is 5.97 Å². The quantitative estimate of drug-likeness (QED) is 0.401. The lowest BCUT2D eigenvalue weighted by molar-refractivity contribution is -0.183. The molecule has 0 spiro atoms. The third-order valence-electron chi connectivity index (χ3n) is 8.25. The molecule has 2 heteroatoms. The topological polar surface area (TPSA) is 37.3 Å². The Morgan fingerprint density at radius 3 is 1.08 bits per heavy atom. The zero-order chi connectivity index (χ0) is 25.4. The Kier molecular flexibility index (Phi) is 5.48. The molecule has 180 valence electrons. The van der Waals surface area contributed by atoms with Gasteiger partial charge in [0.1, 0.15) is 0 Å². The summed E-state index contributed by atoms with van der Waals surface area (Å²) in [5.74, 6) is 20.3. The SMILES string of the molecule is O=C(O)C12CC3(C#Cc4ccccc4)CC(C#Cc4ccccc4)(CC(C#Cc4ccccc4)(C3)C1)C2. The molecule has 0 amide bonds. The van der Waals surface area contributed by atoms with Gasteiger partial charge in [0.05, 0.1) is 5.41 Å². The summed E-state index contributed by atoms with van der Waals surface area (Å²) in [5, 5.41) is 10.6. The fourth-order valence-electron chi connectivity index (χ4n) is 7.44. The highest BCUT2D eigenvalue weighted by atomic mass is 16.4. The zero-order valence-corrected chi connectivity index (χ0v) is 20.8. The Morgan fingerprint density at radius 2 is 0.811 bits per heavy atom. The first kappa shape index (κ1) is 23.2. The van der Waals surface area contributed by atoms with Crippen LogP contribution in [0.1, 0.15) is 55.2 Å². The molecule has 4 aliphatic rings. The fraction of sp³-hybridized carbons (Fsp3) is 0.286. The number of hydrogen-bond donors (Lipinski definition) is 1. The maximum absolute atomic E-state index is 13.0. The van der Waals surface area contributed by atoms with Crippen LogP contribution < -0.4 is 0 Å². The summed E-state index contributed by atoms with van der Waals surface area (Å²) in [6.45, 7) is 0. The van der Waals surface area contributed by atoms with E-state index in [1.165, 1.54) is 0 Å². The molecule has 2 nitrogen and oxygen atoms in total. The number of carboxylic acid groups (broad SMARTS) is 1. The van der Waals surface area contributed by atoms with Gasteiger partial charge < -0.3 is 5.11 Å². The van der Waals surface area contributed by atoms with Gasteiger partial charge in [-0.3, -0.25) is 4.79 Å². The van der Waals surface area contributed by atoms with Crippen molar-refractivity contribution in [2.75, 3.05) is 0 Å². The molecule has 1 N–H and O–H groups in total. The molecule has 0 saturated heterocycles. The second-order valence-corrected chi connectivity index (χ2v) is 11.3. The highest BCUT2D eigenvalue weighted by Gasteiger charge is 2.70. The maximum Gasteiger partial charge on any atom is 0.309 e. The monoisotopic (exact) mass is 480 g/mol. The molecule has 0 unspecified atom stereocenters. The first-order chi connectivity index (χ1) is 17.9. The highest BCUT2D eigenvalue weighted by Crippen LogP contribution is 2.73. The second-order valence-electron chi connectivity index (χ2n) is 11.3. The fourth-order valence-corrected chi connectivity index (χ4v) is 7.44. The number of aliphatic carboxylic acids is 1. The minimum atomic E-state index is -0.864. The van der Waals surface area contributed by atoms with Crippen LogP contribution in [0.5, 0.6) is 0 Å². The van der Waals surface area contributed by atoms with E-state index in [4.69, 9.17) is 0 Å². The van der Waals surface area contributed by atoms with Gasteiger partial charge in [0.2, 0.25) is 0 Å². The van der Waals surface area contributed by atoms with Crippen LogP contribution in [0.15, 0.2) is 91.0 Å². The van der Waals surface area contributed by atoms with E-state index in [1.54, 1.807) is 0 Å². The van der Waals surface area contributed by atoms with E-state index in [1.807, 2.05) is 91.0 Å². The number of benzene rings is 3. The van der Waals surface area contributed by atoms with E-state index in [0.717, 1.165) is 36.0 Å². The van der Waals surface area contributed by atoms with Crippen molar-refractivity contribution in [3.63, 3.8) is 0 Å². The van der Waals surface area contributed by atoms with Gasteiger partial charge in [0.25, 0.3) is 0 Å². The highest BCUT2D eigenvalue weighted by molar-refractivity contribution is 5.76. The van der Waals surface area contributed by atoms with E-state index in [2.05, 4.69) is 35.5 Å². The lowest BCUT2D eigenvalue weighted by Crippen LogP contribution is -2.62. The minimum absolute atomic E-state index is 0.431. The van der Waals surface area contributed by atoms with E-state index in [-0.39, 0.29) is 0 Å². The molecule has 4 fully saturated rings. The Morgan fingerprint density at radius 1 is 0.514 bits per heavy atom. The van der Waals surface area contributed by atoms with Crippen molar-refractivity contribution >= 4 is 5.97 Å². The number of rotatable bonds is 1. The van der Waals surface area contributed by atoms with Crippen molar-refractivity contribution in [1.29, 1.82) is 0 Å². The summed E-state index contributed by atoms with van der Waals surface area (Å²) < 4.78 is 0. The summed E-state index contributed by atoms with van der Waals surface area (Å²) >= 11 is 0. The molecule has 7 rings (SSSR count). The van der Waals surface area contributed by atoms with Crippen molar-refractivity contribution in [3.8, 4) is 35.5 Å². The van der Waals surface area contributed by atoms with Crippen LogP contribution in [0, 0.1) is 57.2 Å². The molecular formula is C35H28O2. The van der Waals surface area contributed by atoms with Crippen LogP contribution in [0.3, 0.4) is 0 Å². The third kappa shape index (κ3) is 4.44. The normalized spacial score (nSPS) is 30.6. The van der Waals surface area contributed by atoms with E-state index in [0.29, 0.717) is 19.3 Å². The number of carboxylic acids is 1. The van der Waals surface area contributed by atoms with Crippen LogP contribution in [-0.2, 0) is 4.79 Å². The molecule has 0 heterocycles. The van der Waals surface area contributed by atoms with E-state index >= 15 is 0 Å². The molecule has 3 aromatic rings. The van der Waals surface area contributed by atoms with Gasteiger partial charge in [-0.2, -0.15) is 0 Å². The van der Waals surface area contributed by atoms with Crippen LogP contribution >= 0.6 is 0 Å². The van der Waals surface area contributed by atoms with Crippen molar-refractivity contribution in [3.05, 3.63) is 108 Å².